The van der Waals surface area contributed by atoms with Crippen LogP contribution in [-0.2, 0) is 25.7 Å². The number of fused-ring (bicyclic) bond motifs is 1. The van der Waals surface area contributed by atoms with E-state index in [-0.39, 0.29) is 30.5 Å². The normalized spacial score (nSPS) is 11.8. The van der Waals surface area contributed by atoms with Crippen molar-refractivity contribution in [1.29, 1.82) is 0 Å². The molecule has 8 nitrogen and oxygen atoms in total. The van der Waals surface area contributed by atoms with Gasteiger partial charge >= 0.3 is 5.97 Å². The second kappa shape index (κ2) is 13.9. The Morgan fingerprint density at radius 3 is 2.29 bits per heavy atom. The van der Waals surface area contributed by atoms with Crippen molar-refractivity contribution in [2.24, 2.45) is 0 Å². The smallest absolute Gasteiger partial charge is 0.354 e. The number of benzene rings is 2. The third-order valence-electron chi connectivity index (χ3n) is 5.52. The maximum absolute atomic E-state index is 13.1. The van der Waals surface area contributed by atoms with E-state index >= 15 is 0 Å². The largest absolute Gasteiger partial charge is 0.456 e. The fourth-order valence-corrected chi connectivity index (χ4v) is 3.58. The highest BCUT2D eigenvalue weighted by Crippen LogP contribution is 2.34. The summed E-state index contributed by atoms with van der Waals surface area (Å²) in [4.78, 5) is 48.1. The highest BCUT2D eigenvalue weighted by molar-refractivity contribution is 6.07. The van der Waals surface area contributed by atoms with Gasteiger partial charge in [-0.15, -0.1) is 0 Å². The lowest BCUT2D eigenvalue weighted by molar-refractivity contribution is -0.139. The molecule has 2 N–H and O–H groups in total. The van der Waals surface area contributed by atoms with Gasteiger partial charge in [0.15, 0.2) is 0 Å². The maximum Gasteiger partial charge on any atom is 0.354 e. The number of hydrogen-bond donors (Lipinski definition) is 2. The zero-order valence-electron chi connectivity index (χ0n) is 21.6. The van der Waals surface area contributed by atoms with Crippen molar-refractivity contribution in [2.45, 2.75) is 13.5 Å². The van der Waals surface area contributed by atoms with E-state index in [1.807, 2.05) is 37.4 Å². The Bertz CT molecular complexity index is 1310. The molecular weight excluding hydrogens is 482 g/mol. The molecule has 2 aromatic rings. The van der Waals surface area contributed by atoms with Crippen LogP contribution in [0.25, 0.3) is 11.1 Å². The van der Waals surface area contributed by atoms with Gasteiger partial charge < -0.3 is 20.2 Å². The molecule has 0 unspecified atom stereocenters. The van der Waals surface area contributed by atoms with E-state index in [2.05, 4.69) is 36.9 Å². The SMILES string of the molecule is C=C/C=C(\C=C)COC(=O)C(=C)NC(=O)C(=C)N1Cc2c(cccc2-c2ccc(NC)cc2)C1=O.CC=O. The lowest BCUT2D eigenvalue weighted by Gasteiger charge is -2.18. The molecule has 1 heterocycles. The minimum absolute atomic E-state index is 0.0534. The Balaban J connectivity index is 0.00000161. The first-order valence-electron chi connectivity index (χ1n) is 11.6. The molecule has 0 fully saturated rings. The quantitative estimate of drug-likeness (QED) is 0.209. The summed E-state index contributed by atoms with van der Waals surface area (Å²) in [6.45, 7) is 16.1. The standard InChI is InChI=1S/C28H27N3O4.C2H4O/c1-6-9-20(7-2)17-35-28(34)18(3)30-26(32)19(4)31-16-25-23(10-8-11-24(25)27(31)33)21-12-14-22(29-5)15-13-21;1-2-3/h6-15,29H,1-4,16-17H2,5H3,(H,30,32);2H,1H3/b20-9+;. The molecule has 38 heavy (non-hydrogen) atoms. The van der Waals surface area contributed by atoms with Gasteiger partial charge in [0.2, 0.25) is 0 Å². The van der Waals surface area contributed by atoms with E-state index in [0.717, 1.165) is 28.7 Å². The van der Waals surface area contributed by atoms with Crippen LogP contribution in [-0.4, -0.2) is 42.6 Å². The first kappa shape index (κ1) is 29.3. The number of hydrogen-bond acceptors (Lipinski definition) is 6. The van der Waals surface area contributed by atoms with Crippen LogP contribution in [0.1, 0.15) is 22.8 Å². The molecule has 2 aromatic carbocycles. The third-order valence-corrected chi connectivity index (χ3v) is 5.52. The van der Waals surface area contributed by atoms with Gasteiger partial charge in [-0.05, 0) is 47.4 Å². The third kappa shape index (κ3) is 7.04. The Hall–Kier alpha value is -4.98. The Kier molecular flexibility index (Phi) is 10.7. The summed E-state index contributed by atoms with van der Waals surface area (Å²) in [7, 11) is 1.84. The number of amides is 2. The number of ether oxygens (including phenoxy) is 1. The van der Waals surface area contributed by atoms with Gasteiger partial charge in [-0.1, -0.05) is 68.8 Å². The molecule has 1 aliphatic rings. The number of carbonyl (C=O) groups excluding carboxylic acids is 4. The zero-order chi connectivity index (χ0) is 28.2. The first-order chi connectivity index (χ1) is 18.2. The van der Waals surface area contributed by atoms with Gasteiger partial charge in [-0.25, -0.2) is 4.79 Å². The van der Waals surface area contributed by atoms with E-state index in [4.69, 9.17) is 9.53 Å². The fraction of sp³-hybridized carbons (Fsp3) is 0.133. The monoisotopic (exact) mass is 513 g/mol. The topological polar surface area (TPSA) is 105 Å². The summed E-state index contributed by atoms with van der Waals surface area (Å²) in [6, 6.07) is 13.3. The molecule has 0 aromatic heterocycles. The summed E-state index contributed by atoms with van der Waals surface area (Å²) in [6.07, 6.45) is 5.46. The van der Waals surface area contributed by atoms with Crippen molar-refractivity contribution >= 4 is 29.8 Å². The van der Waals surface area contributed by atoms with E-state index in [9.17, 15) is 14.4 Å². The van der Waals surface area contributed by atoms with Crippen LogP contribution in [0.4, 0.5) is 5.69 Å². The molecule has 3 rings (SSSR count). The van der Waals surface area contributed by atoms with Crippen LogP contribution in [0, 0.1) is 0 Å². The Morgan fingerprint density at radius 1 is 1.08 bits per heavy atom. The minimum atomic E-state index is -0.814. The molecule has 0 bridgehead atoms. The molecule has 0 saturated heterocycles. The summed E-state index contributed by atoms with van der Waals surface area (Å²) < 4.78 is 5.11. The molecule has 8 heteroatoms. The molecule has 0 spiro atoms. The molecule has 0 radical (unpaired) electrons. The average molecular weight is 514 g/mol. The second-order valence-corrected chi connectivity index (χ2v) is 7.92. The number of nitrogens with one attached hydrogen (secondary N) is 2. The molecule has 196 valence electrons. The molecular formula is C30H31N3O5. The predicted octanol–water partition coefficient (Wildman–Crippen LogP) is 4.54. The van der Waals surface area contributed by atoms with E-state index in [1.165, 1.54) is 17.9 Å². The van der Waals surface area contributed by atoms with E-state index in [0.29, 0.717) is 11.1 Å². The fourth-order valence-electron chi connectivity index (χ4n) is 3.58. The number of carbonyl (C=O) groups is 4. The highest BCUT2D eigenvalue weighted by atomic mass is 16.5. The van der Waals surface area contributed by atoms with Crippen LogP contribution in [0.5, 0.6) is 0 Å². The van der Waals surface area contributed by atoms with Gasteiger partial charge in [-0.2, -0.15) is 0 Å². The van der Waals surface area contributed by atoms with E-state index < -0.39 is 11.9 Å². The second-order valence-electron chi connectivity index (χ2n) is 7.92. The van der Waals surface area contributed by atoms with Gasteiger partial charge in [0.25, 0.3) is 11.8 Å². The predicted molar refractivity (Wildman–Crippen MR) is 149 cm³/mol. The summed E-state index contributed by atoms with van der Waals surface area (Å²) in [5, 5.41) is 5.44. The van der Waals surface area contributed by atoms with E-state index in [1.54, 1.807) is 24.3 Å². The Morgan fingerprint density at radius 2 is 1.71 bits per heavy atom. The summed E-state index contributed by atoms with van der Waals surface area (Å²) in [5.74, 6) is -1.88. The minimum Gasteiger partial charge on any atom is -0.456 e. The number of anilines is 1. The summed E-state index contributed by atoms with van der Waals surface area (Å²) in [5.41, 5.74) is 4.38. The molecule has 0 saturated carbocycles. The lowest BCUT2D eigenvalue weighted by Crippen LogP contribution is -2.36. The first-order valence-corrected chi connectivity index (χ1v) is 11.6. The molecule has 1 aliphatic heterocycles. The van der Waals surface area contributed by atoms with Crippen molar-refractivity contribution in [3.63, 3.8) is 0 Å². The number of nitrogens with zero attached hydrogens (tertiary/aromatic N) is 1. The number of rotatable bonds is 10. The molecule has 0 aliphatic carbocycles. The summed E-state index contributed by atoms with van der Waals surface area (Å²) >= 11 is 0. The molecule has 0 atom stereocenters. The average Bonchev–Trinajstić information content (AvgIpc) is 3.27. The van der Waals surface area contributed by atoms with Crippen LogP contribution in [0.15, 0.2) is 104 Å². The van der Waals surface area contributed by atoms with Gasteiger partial charge in [0.1, 0.15) is 24.3 Å². The number of allylic oxidation sites excluding steroid dienone is 2. The van der Waals surface area contributed by atoms with Gasteiger partial charge in [-0.3, -0.25) is 14.5 Å². The van der Waals surface area contributed by atoms with Crippen LogP contribution in [0.2, 0.25) is 0 Å². The van der Waals surface area contributed by atoms with Gasteiger partial charge in [0.05, 0.1) is 6.54 Å². The maximum atomic E-state index is 13.1. The van der Waals surface area contributed by atoms with Crippen molar-refractivity contribution in [2.75, 3.05) is 19.0 Å². The number of aldehydes is 1. The van der Waals surface area contributed by atoms with Crippen molar-refractivity contribution in [3.8, 4) is 11.1 Å². The van der Waals surface area contributed by atoms with Crippen LogP contribution >= 0.6 is 0 Å². The van der Waals surface area contributed by atoms with Crippen molar-refractivity contribution in [3.05, 3.63) is 115 Å². The van der Waals surface area contributed by atoms with Crippen LogP contribution < -0.4 is 10.6 Å². The van der Waals surface area contributed by atoms with Crippen LogP contribution in [0.3, 0.4) is 0 Å². The Labute approximate surface area is 222 Å². The lowest BCUT2D eigenvalue weighted by atomic mass is 9.97. The zero-order valence-corrected chi connectivity index (χ0v) is 21.6. The highest BCUT2D eigenvalue weighted by Gasteiger charge is 2.33. The van der Waals surface area contributed by atoms with Crippen molar-refractivity contribution < 1.29 is 23.9 Å². The number of esters is 1. The van der Waals surface area contributed by atoms with Gasteiger partial charge in [0, 0.05) is 18.3 Å². The molecule has 2 amide bonds. The van der Waals surface area contributed by atoms with Crippen molar-refractivity contribution in [1.82, 2.24) is 10.2 Å².